The molecule has 3 unspecified atom stereocenters. The standard InChI is InChI=1S/C22H29NO2/c1-21-10-8-16-18(15(21)6-5-13(21)4-3-11-23)20-19(25-20)17-12-14(24)7-9-22(16,17)2/h12-13,15-16,18-20H,3-10H2,1-2H3/t13-,15?,16?,18?,19-,20+,21+,22+/m0/s1. The number of fused-ring (bicyclic) bond motifs is 8. The molecule has 4 aliphatic carbocycles. The first-order valence-corrected chi connectivity index (χ1v) is 10.3. The molecule has 0 spiro atoms. The van der Waals surface area contributed by atoms with Crippen molar-refractivity contribution in [3.8, 4) is 6.07 Å². The van der Waals surface area contributed by atoms with Gasteiger partial charge in [0.05, 0.1) is 12.2 Å². The Morgan fingerprint density at radius 1 is 1.24 bits per heavy atom. The van der Waals surface area contributed by atoms with Crippen molar-refractivity contribution in [1.82, 2.24) is 0 Å². The summed E-state index contributed by atoms with van der Waals surface area (Å²) >= 11 is 0. The van der Waals surface area contributed by atoms with E-state index in [1.165, 1.54) is 31.3 Å². The van der Waals surface area contributed by atoms with Crippen molar-refractivity contribution in [1.29, 1.82) is 5.26 Å². The first-order valence-electron chi connectivity index (χ1n) is 10.3. The van der Waals surface area contributed by atoms with Crippen LogP contribution in [0.2, 0.25) is 0 Å². The van der Waals surface area contributed by atoms with Crippen LogP contribution < -0.4 is 0 Å². The predicted octanol–water partition coefficient (Wildman–Crippen LogP) is 4.43. The third-order valence-electron chi connectivity index (χ3n) is 9.03. The lowest BCUT2D eigenvalue weighted by Crippen LogP contribution is -2.53. The highest BCUT2D eigenvalue weighted by Gasteiger charge is 2.68. The van der Waals surface area contributed by atoms with Gasteiger partial charge in [0.1, 0.15) is 6.10 Å². The average molecular weight is 339 g/mol. The first-order chi connectivity index (χ1) is 12.0. The van der Waals surface area contributed by atoms with Crippen molar-refractivity contribution in [2.75, 3.05) is 0 Å². The molecule has 25 heavy (non-hydrogen) atoms. The van der Waals surface area contributed by atoms with Crippen LogP contribution in [0.5, 0.6) is 0 Å². The number of nitrogens with zero attached hydrogens (tertiary/aromatic N) is 1. The summed E-state index contributed by atoms with van der Waals surface area (Å²) in [5, 5.41) is 9.02. The third-order valence-corrected chi connectivity index (χ3v) is 9.03. The van der Waals surface area contributed by atoms with E-state index in [0.29, 0.717) is 47.9 Å². The fourth-order valence-electron chi connectivity index (χ4n) is 7.63. The summed E-state index contributed by atoms with van der Waals surface area (Å²) < 4.78 is 6.23. The lowest BCUT2D eigenvalue weighted by molar-refractivity contribution is -0.117. The number of epoxide rings is 1. The second-order valence-electron chi connectivity index (χ2n) is 9.81. The number of hydrogen-bond acceptors (Lipinski definition) is 3. The van der Waals surface area contributed by atoms with Gasteiger partial charge < -0.3 is 4.74 Å². The number of ketones is 1. The Kier molecular flexibility index (Phi) is 3.34. The fraction of sp³-hybridized carbons (Fsp3) is 0.818. The van der Waals surface area contributed by atoms with Gasteiger partial charge in [-0.05, 0) is 84.7 Å². The van der Waals surface area contributed by atoms with Gasteiger partial charge in [0.15, 0.2) is 5.78 Å². The summed E-state index contributed by atoms with van der Waals surface area (Å²) in [5.41, 5.74) is 1.91. The van der Waals surface area contributed by atoms with Crippen LogP contribution in [-0.2, 0) is 9.53 Å². The van der Waals surface area contributed by atoms with E-state index in [9.17, 15) is 4.79 Å². The lowest BCUT2D eigenvalue weighted by atomic mass is 9.46. The molecule has 0 radical (unpaired) electrons. The Morgan fingerprint density at radius 2 is 2.08 bits per heavy atom. The van der Waals surface area contributed by atoms with E-state index < -0.39 is 0 Å². The monoisotopic (exact) mass is 339 g/mol. The van der Waals surface area contributed by atoms with E-state index in [1.54, 1.807) is 0 Å². The van der Waals surface area contributed by atoms with E-state index in [2.05, 4.69) is 19.9 Å². The molecule has 3 heteroatoms. The molecule has 4 fully saturated rings. The van der Waals surface area contributed by atoms with E-state index in [0.717, 1.165) is 18.8 Å². The molecule has 1 heterocycles. The minimum absolute atomic E-state index is 0.183. The molecule has 0 aromatic heterocycles. The van der Waals surface area contributed by atoms with Crippen LogP contribution in [0.4, 0.5) is 0 Å². The van der Waals surface area contributed by atoms with Gasteiger partial charge in [-0.1, -0.05) is 13.8 Å². The Labute approximate surface area is 150 Å². The Balaban J connectivity index is 1.48. The van der Waals surface area contributed by atoms with Gasteiger partial charge in [-0.15, -0.1) is 0 Å². The molecule has 0 aromatic rings. The molecule has 0 N–H and O–H groups in total. The molecule has 5 rings (SSSR count). The van der Waals surface area contributed by atoms with Crippen LogP contribution >= 0.6 is 0 Å². The quantitative estimate of drug-likeness (QED) is 0.700. The van der Waals surface area contributed by atoms with Gasteiger partial charge in [0, 0.05) is 12.8 Å². The van der Waals surface area contributed by atoms with Gasteiger partial charge >= 0.3 is 0 Å². The van der Waals surface area contributed by atoms with Crippen molar-refractivity contribution < 1.29 is 9.53 Å². The first kappa shape index (κ1) is 16.1. The minimum Gasteiger partial charge on any atom is -0.365 e. The maximum Gasteiger partial charge on any atom is 0.155 e. The van der Waals surface area contributed by atoms with Gasteiger partial charge in [0.2, 0.25) is 0 Å². The molecular weight excluding hydrogens is 310 g/mol. The van der Waals surface area contributed by atoms with E-state index in [1.807, 2.05) is 6.08 Å². The lowest BCUT2D eigenvalue weighted by Gasteiger charge is -2.56. The van der Waals surface area contributed by atoms with Gasteiger partial charge in [0.25, 0.3) is 0 Å². The van der Waals surface area contributed by atoms with Crippen LogP contribution in [-0.4, -0.2) is 18.0 Å². The molecular formula is C22H29NO2. The largest absolute Gasteiger partial charge is 0.365 e. The van der Waals surface area contributed by atoms with Crippen molar-refractivity contribution in [2.24, 2.45) is 34.5 Å². The topological polar surface area (TPSA) is 53.4 Å². The van der Waals surface area contributed by atoms with Gasteiger partial charge in [-0.25, -0.2) is 0 Å². The zero-order valence-corrected chi connectivity index (χ0v) is 15.5. The molecule has 0 aromatic carbocycles. The summed E-state index contributed by atoms with van der Waals surface area (Å²) in [6, 6.07) is 2.36. The van der Waals surface area contributed by atoms with Crippen LogP contribution in [0.1, 0.15) is 65.2 Å². The molecule has 1 aliphatic heterocycles. The molecule has 0 bridgehead atoms. The highest BCUT2D eigenvalue weighted by Crippen LogP contribution is 2.70. The van der Waals surface area contributed by atoms with Crippen LogP contribution in [0.15, 0.2) is 11.6 Å². The summed E-state index contributed by atoms with van der Waals surface area (Å²) in [6.07, 6.45) is 11.2. The summed E-state index contributed by atoms with van der Waals surface area (Å²) in [4.78, 5) is 12.0. The van der Waals surface area contributed by atoms with E-state index in [4.69, 9.17) is 10.00 Å². The fourth-order valence-corrected chi connectivity index (χ4v) is 7.63. The third kappa shape index (κ3) is 2.04. The van der Waals surface area contributed by atoms with Crippen LogP contribution in [0.3, 0.4) is 0 Å². The smallest absolute Gasteiger partial charge is 0.155 e. The normalized spacial score (nSPS) is 53.0. The maximum absolute atomic E-state index is 12.0. The second-order valence-corrected chi connectivity index (χ2v) is 9.81. The van der Waals surface area contributed by atoms with Crippen molar-refractivity contribution in [2.45, 2.75) is 77.4 Å². The summed E-state index contributed by atoms with van der Waals surface area (Å²) in [6.45, 7) is 4.93. The Morgan fingerprint density at radius 3 is 2.88 bits per heavy atom. The average Bonchev–Trinajstić information content (AvgIpc) is 3.31. The number of carbonyl (C=O) groups excluding carboxylic acids is 1. The van der Waals surface area contributed by atoms with Crippen molar-refractivity contribution in [3.05, 3.63) is 11.6 Å². The molecule has 3 nitrogen and oxygen atoms in total. The minimum atomic E-state index is 0.183. The maximum atomic E-state index is 12.0. The zero-order valence-electron chi connectivity index (χ0n) is 15.5. The van der Waals surface area contributed by atoms with Crippen LogP contribution in [0, 0.1) is 45.8 Å². The molecule has 3 saturated carbocycles. The van der Waals surface area contributed by atoms with Crippen molar-refractivity contribution in [3.63, 3.8) is 0 Å². The number of rotatable bonds is 2. The number of ether oxygens (including phenoxy) is 1. The second kappa shape index (κ2) is 5.19. The number of carbonyl (C=O) groups is 1. The van der Waals surface area contributed by atoms with Crippen molar-refractivity contribution >= 4 is 5.78 Å². The Hall–Kier alpha value is -1.14. The molecule has 8 atom stereocenters. The molecule has 5 aliphatic rings. The summed E-state index contributed by atoms with van der Waals surface area (Å²) in [5.74, 6) is 3.13. The summed E-state index contributed by atoms with van der Waals surface area (Å²) in [7, 11) is 0. The number of hydrogen-bond donors (Lipinski definition) is 0. The van der Waals surface area contributed by atoms with E-state index >= 15 is 0 Å². The van der Waals surface area contributed by atoms with Crippen LogP contribution in [0.25, 0.3) is 0 Å². The SMILES string of the molecule is C[C@]12CCC(=O)C=C1[C@@H]1O[C@@H]1C1C2CC[C@@]2(C)C1CC[C@@H]2CCC#N. The molecule has 0 amide bonds. The van der Waals surface area contributed by atoms with Gasteiger partial charge in [-0.3, -0.25) is 4.79 Å². The predicted molar refractivity (Wildman–Crippen MR) is 94.5 cm³/mol. The Bertz CT molecular complexity index is 691. The van der Waals surface area contributed by atoms with Gasteiger partial charge in [-0.2, -0.15) is 5.26 Å². The highest BCUT2D eigenvalue weighted by atomic mass is 16.6. The molecule has 1 saturated heterocycles. The highest BCUT2D eigenvalue weighted by molar-refractivity contribution is 5.92. The zero-order chi connectivity index (χ0) is 17.4. The molecule has 134 valence electrons. The van der Waals surface area contributed by atoms with E-state index in [-0.39, 0.29) is 11.5 Å². The number of nitriles is 1.